The van der Waals surface area contributed by atoms with Gasteiger partial charge in [0.15, 0.2) is 0 Å². The van der Waals surface area contributed by atoms with E-state index in [1.165, 1.54) is 0 Å². The van der Waals surface area contributed by atoms with Gasteiger partial charge in [0.2, 0.25) is 5.91 Å². The Morgan fingerprint density at radius 3 is 1.97 bits per heavy atom. The summed E-state index contributed by atoms with van der Waals surface area (Å²) in [4.78, 5) is 21.9. The fraction of sp³-hybridized carbons (Fsp3) is 0.0690. The highest BCUT2D eigenvalue weighted by Crippen LogP contribution is 2.32. The highest BCUT2D eigenvalue weighted by atomic mass is 16.1. The molecule has 0 saturated heterocycles. The van der Waals surface area contributed by atoms with Crippen LogP contribution in [0.1, 0.15) is 18.6 Å². The van der Waals surface area contributed by atoms with Crippen LogP contribution < -0.4 is 0 Å². The first-order chi connectivity index (χ1) is 16.5. The molecule has 0 saturated carbocycles. The van der Waals surface area contributed by atoms with E-state index in [9.17, 15) is 4.79 Å². The molecule has 2 aromatic heterocycles. The van der Waals surface area contributed by atoms with Crippen LogP contribution in [-0.2, 0) is 0 Å². The van der Waals surface area contributed by atoms with Gasteiger partial charge in [0.1, 0.15) is 11.6 Å². The topological polar surface area (TPSA) is 52.7 Å². The van der Waals surface area contributed by atoms with Gasteiger partial charge in [-0.15, -0.1) is 0 Å². The second kappa shape index (κ2) is 8.79. The first-order valence-electron chi connectivity index (χ1n) is 11.1. The van der Waals surface area contributed by atoms with E-state index in [2.05, 4.69) is 23.3 Å². The third-order valence-electron chi connectivity index (χ3n) is 5.71. The number of hydrogen-bond donors (Lipinski definition) is 0. The highest BCUT2D eigenvalue weighted by molar-refractivity contribution is 5.84. The molecule has 0 aliphatic rings. The van der Waals surface area contributed by atoms with Gasteiger partial charge in [0.25, 0.3) is 0 Å². The maximum atomic E-state index is 12.3. The summed E-state index contributed by atoms with van der Waals surface area (Å²) >= 11 is 0. The second-order valence-electron chi connectivity index (χ2n) is 8.19. The number of nitrogens with zero attached hydrogens (tertiary/aromatic N) is 4. The van der Waals surface area contributed by atoms with E-state index in [0.29, 0.717) is 5.82 Å². The molecule has 0 fully saturated rings. The van der Waals surface area contributed by atoms with Gasteiger partial charge in [-0.2, -0.15) is 0 Å². The molecule has 0 aliphatic heterocycles. The van der Waals surface area contributed by atoms with E-state index in [1.807, 2.05) is 85.9 Å². The number of hydrogen-bond acceptors (Lipinski definition) is 3. The Hall–Kier alpha value is -4.51. The minimum Gasteiger partial charge on any atom is -0.297 e. The molecule has 0 atom stereocenters. The van der Waals surface area contributed by atoms with Crippen LogP contribution in [0.4, 0.5) is 0 Å². The Labute approximate surface area is 198 Å². The van der Waals surface area contributed by atoms with Gasteiger partial charge < -0.3 is 0 Å². The summed E-state index contributed by atoms with van der Waals surface area (Å²) in [5.74, 6) is 1.40. The number of aromatic nitrogens is 4. The Morgan fingerprint density at radius 2 is 1.35 bits per heavy atom. The fourth-order valence-electron chi connectivity index (χ4n) is 4.12. The lowest BCUT2D eigenvalue weighted by atomic mass is 10.1. The van der Waals surface area contributed by atoms with E-state index in [4.69, 9.17) is 9.97 Å². The van der Waals surface area contributed by atoms with E-state index in [-0.39, 0.29) is 5.91 Å². The predicted molar refractivity (Wildman–Crippen MR) is 137 cm³/mol. The van der Waals surface area contributed by atoms with Crippen LogP contribution >= 0.6 is 0 Å². The largest absolute Gasteiger partial charge is 0.297 e. The second-order valence-corrected chi connectivity index (χ2v) is 8.19. The summed E-state index contributed by atoms with van der Waals surface area (Å²) < 4.78 is 3.67. The lowest BCUT2D eigenvalue weighted by molar-refractivity contribution is 0.0938. The van der Waals surface area contributed by atoms with E-state index < -0.39 is 0 Å². The zero-order valence-electron chi connectivity index (χ0n) is 19.1. The molecule has 5 nitrogen and oxygen atoms in total. The van der Waals surface area contributed by atoms with Crippen LogP contribution in [0.25, 0.3) is 51.0 Å². The first-order valence-corrected chi connectivity index (χ1v) is 11.1. The SMILES string of the molecule is C=C(C)n1c(-c2cccc(-c3cn(C(C)=O)c(-c4ccccc4)n3)c2)cnc1-c1ccccc1. The molecule has 0 aliphatic carbocycles. The lowest BCUT2D eigenvalue weighted by Gasteiger charge is -2.12. The maximum Gasteiger partial charge on any atom is 0.229 e. The zero-order chi connectivity index (χ0) is 23.7. The molecule has 0 radical (unpaired) electrons. The number of benzene rings is 3. The van der Waals surface area contributed by atoms with Gasteiger partial charge in [-0.25, -0.2) is 9.97 Å². The summed E-state index contributed by atoms with van der Waals surface area (Å²) in [6.07, 6.45) is 3.68. The maximum absolute atomic E-state index is 12.3. The number of allylic oxidation sites excluding steroid dienone is 1. The highest BCUT2D eigenvalue weighted by Gasteiger charge is 2.17. The Bertz CT molecular complexity index is 1490. The normalized spacial score (nSPS) is 10.9. The molecular weight excluding hydrogens is 420 g/mol. The third-order valence-corrected chi connectivity index (χ3v) is 5.71. The van der Waals surface area contributed by atoms with Crippen molar-refractivity contribution in [2.24, 2.45) is 0 Å². The molecule has 0 spiro atoms. The number of carbonyl (C=O) groups excluding carboxylic acids is 1. The van der Waals surface area contributed by atoms with Crippen molar-refractivity contribution < 1.29 is 4.79 Å². The summed E-state index contributed by atoms with van der Waals surface area (Å²) in [7, 11) is 0. The van der Waals surface area contributed by atoms with Crippen molar-refractivity contribution in [3.63, 3.8) is 0 Å². The smallest absolute Gasteiger partial charge is 0.229 e. The van der Waals surface area contributed by atoms with Gasteiger partial charge in [-0.1, -0.05) is 85.4 Å². The van der Waals surface area contributed by atoms with E-state index in [1.54, 1.807) is 17.7 Å². The number of rotatable bonds is 5. The molecule has 5 heteroatoms. The van der Waals surface area contributed by atoms with Crippen molar-refractivity contribution in [3.8, 4) is 45.3 Å². The van der Waals surface area contributed by atoms with Gasteiger partial charge in [-0.05, 0) is 13.0 Å². The molecule has 0 unspecified atom stereocenters. The summed E-state index contributed by atoms with van der Waals surface area (Å²) in [5, 5.41) is 0. The van der Waals surface area contributed by atoms with Gasteiger partial charge in [0.05, 0.1) is 17.6 Å². The Morgan fingerprint density at radius 1 is 0.765 bits per heavy atom. The first kappa shape index (κ1) is 21.3. The molecule has 3 aromatic carbocycles. The van der Waals surface area contributed by atoms with Crippen molar-refractivity contribution in [1.29, 1.82) is 0 Å². The lowest BCUT2D eigenvalue weighted by Crippen LogP contribution is -2.05. The average Bonchev–Trinajstić information content (AvgIpc) is 3.51. The molecule has 0 bridgehead atoms. The van der Waals surface area contributed by atoms with Crippen molar-refractivity contribution >= 4 is 11.6 Å². The van der Waals surface area contributed by atoms with Crippen LogP contribution in [0.15, 0.2) is 104 Å². The summed E-state index contributed by atoms with van der Waals surface area (Å²) in [6.45, 7) is 7.71. The minimum atomic E-state index is -0.0818. The third kappa shape index (κ3) is 3.88. The van der Waals surface area contributed by atoms with Gasteiger partial charge in [-0.3, -0.25) is 13.9 Å². The molecule has 166 valence electrons. The Kier molecular flexibility index (Phi) is 5.52. The molecule has 0 N–H and O–H groups in total. The van der Waals surface area contributed by atoms with Crippen molar-refractivity contribution in [2.45, 2.75) is 13.8 Å². The number of carbonyl (C=O) groups is 1. The predicted octanol–water partition coefficient (Wildman–Crippen LogP) is 6.90. The summed E-state index contributed by atoms with van der Waals surface area (Å²) in [5.41, 5.74) is 6.40. The molecular formula is C29H24N4O. The number of imidazole rings is 2. The quantitative estimate of drug-likeness (QED) is 0.296. The molecule has 5 aromatic rings. The van der Waals surface area contributed by atoms with Crippen LogP contribution in [0.5, 0.6) is 0 Å². The molecule has 34 heavy (non-hydrogen) atoms. The molecule has 5 rings (SSSR count). The van der Waals surface area contributed by atoms with Crippen LogP contribution in [0, 0.1) is 0 Å². The van der Waals surface area contributed by atoms with Crippen molar-refractivity contribution in [2.75, 3.05) is 0 Å². The minimum absolute atomic E-state index is 0.0818. The van der Waals surface area contributed by atoms with Crippen LogP contribution in [-0.4, -0.2) is 25.0 Å². The molecule has 2 heterocycles. The Balaban J connectivity index is 1.61. The van der Waals surface area contributed by atoms with Crippen molar-refractivity contribution in [1.82, 2.24) is 19.1 Å². The molecule has 0 amide bonds. The monoisotopic (exact) mass is 444 g/mol. The van der Waals surface area contributed by atoms with Crippen LogP contribution in [0.2, 0.25) is 0 Å². The van der Waals surface area contributed by atoms with Gasteiger partial charge >= 0.3 is 0 Å². The fourth-order valence-corrected chi connectivity index (χ4v) is 4.12. The van der Waals surface area contributed by atoms with Gasteiger partial charge in [0, 0.05) is 41.1 Å². The summed E-state index contributed by atoms with van der Waals surface area (Å²) in [6, 6.07) is 28.0. The standard InChI is InChI=1S/C29H24N4O/c1-20(2)33-27(18-30-28(33)22-11-6-4-7-12-22)25-16-10-15-24(17-25)26-19-32(21(3)34)29(31-26)23-13-8-5-9-14-23/h4-19H,1H2,2-3H3. The van der Waals surface area contributed by atoms with E-state index in [0.717, 1.165) is 45.2 Å². The van der Waals surface area contributed by atoms with Crippen molar-refractivity contribution in [3.05, 3.63) is 104 Å². The zero-order valence-corrected chi connectivity index (χ0v) is 19.1. The van der Waals surface area contributed by atoms with E-state index >= 15 is 0 Å². The average molecular weight is 445 g/mol. The van der Waals surface area contributed by atoms with Crippen LogP contribution in [0.3, 0.4) is 0 Å².